The van der Waals surface area contributed by atoms with Gasteiger partial charge in [0, 0.05) is 28.6 Å². The molecule has 2 bridgehead atoms. The van der Waals surface area contributed by atoms with Gasteiger partial charge in [-0.15, -0.1) is 24.2 Å². The van der Waals surface area contributed by atoms with E-state index in [-0.39, 0.29) is 24.2 Å². The zero-order chi connectivity index (χ0) is 16.2. The number of benzene rings is 1. The molecule has 0 saturated heterocycles. The molecule has 0 spiro atoms. The number of carbonyl (C=O) groups is 1. The van der Waals surface area contributed by atoms with Crippen LogP contribution in [0.3, 0.4) is 0 Å². The van der Waals surface area contributed by atoms with Crippen molar-refractivity contribution in [1.82, 2.24) is 5.32 Å². The number of thioether (sulfide) groups is 1. The Hall–Kier alpha value is -0.710. The topological polar surface area (TPSA) is 55.1 Å². The number of nitrogens with two attached hydrogens (primary N) is 1. The van der Waals surface area contributed by atoms with Crippen LogP contribution in [0.4, 0.5) is 0 Å². The summed E-state index contributed by atoms with van der Waals surface area (Å²) in [4.78, 5) is 13.8. The van der Waals surface area contributed by atoms with Crippen LogP contribution in [-0.4, -0.2) is 23.7 Å². The molecule has 2 aliphatic carbocycles. The summed E-state index contributed by atoms with van der Waals surface area (Å²) in [5.41, 5.74) is 6.17. The number of nitrogens with one attached hydrogen (secondary N) is 1. The van der Waals surface area contributed by atoms with Crippen molar-refractivity contribution in [3.05, 3.63) is 30.3 Å². The van der Waals surface area contributed by atoms with Crippen molar-refractivity contribution in [2.75, 3.05) is 5.75 Å². The predicted molar refractivity (Wildman–Crippen MR) is 104 cm³/mol. The van der Waals surface area contributed by atoms with E-state index in [1.807, 2.05) is 25.1 Å². The Kier molecular flexibility index (Phi) is 7.45. The largest absolute Gasteiger partial charge is 0.353 e. The minimum absolute atomic E-state index is 0. The van der Waals surface area contributed by atoms with Crippen molar-refractivity contribution in [1.29, 1.82) is 0 Å². The molecule has 3 nitrogen and oxygen atoms in total. The fourth-order valence-electron chi connectivity index (χ4n) is 4.14. The van der Waals surface area contributed by atoms with Gasteiger partial charge in [0.05, 0.1) is 0 Å². The van der Waals surface area contributed by atoms with Crippen LogP contribution in [0, 0.1) is 17.8 Å². The Labute approximate surface area is 155 Å². The molecule has 1 aromatic rings. The summed E-state index contributed by atoms with van der Waals surface area (Å²) in [5.74, 6) is 2.27. The minimum atomic E-state index is 0. The number of hydrogen-bond donors (Lipinski definition) is 2. The molecule has 0 aliphatic heterocycles. The SMILES string of the molecule is CC(CSc1ccccc1)C(=O)NC1C2CCCC1CC(N)C2.Cl. The van der Waals surface area contributed by atoms with Gasteiger partial charge >= 0.3 is 0 Å². The third-order valence-corrected chi connectivity index (χ3v) is 6.65. The number of amides is 1. The van der Waals surface area contributed by atoms with Gasteiger partial charge in [-0.25, -0.2) is 0 Å². The summed E-state index contributed by atoms with van der Waals surface area (Å²) >= 11 is 1.76. The van der Waals surface area contributed by atoms with Gasteiger partial charge in [-0.05, 0) is 49.7 Å². The molecule has 24 heavy (non-hydrogen) atoms. The first-order valence-corrected chi connectivity index (χ1v) is 9.86. The summed E-state index contributed by atoms with van der Waals surface area (Å²) < 4.78 is 0. The van der Waals surface area contributed by atoms with Crippen molar-refractivity contribution >= 4 is 30.1 Å². The Morgan fingerprint density at radius 1 is 1.25 bits per heavy atom. The molecule has 3 atom stereocenters. The number of halogens is 1. The van der Waals surface area contributed by atoms with Gasteiger partial charge in [0.2, 0.25) is 5.91 Å². The lowest BCUT2D eigenvalue weighted by atomic mass is 9.67. The number of carbonyl (C=O) groups excluding carboxylic acids is 1. The minimum Gasteiger partial charge on any atom is -0.353 e. The summed E-state index contributed by atoms with van der Waals surface area (Å²) in [7, 11) is 0. The van der Waals surface area contributed by atoms with Crippen molar-refractivity contribution < 1.29 is 4.79 Å². The highest BCUT2D eigenvalue weighted by molar-refractivity contribution is 7.99. The maximum absolute atomic E-state index is 12.6. The van der Waals surface area contributed by atoms with E-state index in [0.29, 0.717) is 23.9 Å². The second-order valence-electron chi connectivity index (χ2n) is 7.24. The fraction of sp³-hybridized carbons (Fsp3) is 0.632. The van der Waals surface area contributed by atoms with E-state index in [4.69, 9.17) is 5.73 Å². The van der Waals surface area contributed by atoms with E-state index >= 15 is 0 Å². The van der Waals surface area contributed by atoms with E-state index in [1.54, 1.807) is 11.8 Å². The van der Waals surface area contributed by atoms with Gasteiger partial charge in [-0.2, -0.15) is 0 Å². The second kappa shape index (κ2) is 9.12. The number of rotatable bonds is 5. The average Bonchev–Trinajstić information content (AvgIpc) is 2.54. The maximum Gasteiger partial charge on any atom is 0.223 e. The highest BCUT2D eigenvalue weighted by Crippen LogP contribution is 2.39. The molecule has 1 amide bonds. The molecule has 5 heteroatoms. The Balaban J connectivity index is 0.00000208. The van der Waals surface area contributed by atoms with E-state index in [2.05, 4.69) is 17.4 Å². The van der Waals surface area contributed by atoms with E-state index in [0.717, 1.165) is 18.6 Å². The first-order valence-electron chi connectivity index (χ1n) is 8.87. The molecule has 0 aromatic heterocycles. The first-order chi connectivity index (χ1) is 11.1. The van der Waals surface area contributed by atoms with Gasteiger partial charge in [-0.3, -0.25) is 4.79 Å². The third kappa shape index (κ3) is 4.90. The van der Waals surface area contributed by atoms with Crippen LogP contribution in [-0.2, 0) is 4.79 Å². The lowest BCUT2D eigenvalue weighted by molar-refractivity contribution is -0.126. The fourth-order valence-corrected chi connectivity index (χ4v) is 5.09. The average molecular weight is 369 g/mol. The highest BCUT2D eigenvalue weighted by Gasteiger charge is 2.40. The zero-order valence-corrected chi connectivity index (χ0v) is 16.0. The van der Waals surface area contributed by atoms with E-state index < -0.39 is 0 Å². The molecule has 2 saturated carbocycles. The van der Waals surface area contributed by atoms with Crippen LogP contribution >= 0.6 is 24.2 Å². The Bertz CT molecular complexity index is 513. The molecular weight excluding hydrogens is 340 g/mol. The molecule has 2 fully saturated rings. The van der Waals surface area contributed by atoms with Crippen LogP contribution in [0.1, 0.15) is 39.0 Å². The van der Waals surface area contributed by atoms with Crippen molar-refractivity contribution in [3.63, 3.8) is 0 Å². The molecular formula is C19H29ClN2OS. The van der Waals surface area contributed by atoms with Crippen LogP contribution in [0.2, 0.25) is 0 Å². The number of hydrogen-bond acceptors (Lipinski definition) is 3. The Morgan fingerprint density at radius 3 is 2.50 bits per heavy atom. The van der Waals surface area contributed by atoms with E-state index in [1.165, 1.54) is 24.2 Å². The van der Waals surface area contributed by atoms with Crippen molar-refractivity contribution in [3.8, 4) is 0 Å². The lowest BCUT2D eigenvalue weighted by Crippen LogP contribution is -2.54. The van der Waals surface area contributed by atoms with E-state index in [9.17, 15) is 4.79 Å². The van der Waals surface area contributed by atoms with Crippen molar-refractivity contribution in [2.45, 2.75) is 56.0 Å². The lowest BCUT2D eigenvalue weighted by Gasteiger charge is -2.45. The highest BCUT2D eigenvalue weighted by atomic mass is 35.5. The molecule has 0 heterocycles. The normalized spacial score (nSPS) is 30.1. The molecule has 134 valence electrons. The molecule has 1 aromatic carbocycles. The molecule has 2 aliphatic rings. The third-order valence-electron chi connectivity index (χ3n) is 5.38. The molecule has 3 N–H and O–H groups in total. The molecule has 3 unspecified atom stereocenters. The standard InChI is InChI=1S/C19H28N2OS.ClH/c1-13(12-23-17-8-3-2-4-9-17)19(22)21-18-14-6-5-7-15(18)11-16(20)10-14;/h2-4,8-9,13-16,18H,5-7,10-12,20H2,1H3,(H,21,22);1H. The van der Waals surface area contributed by atoms with Crippen LogP contribution < -0.4 is 11.1 Å². The van der Waals surface area contributed by atoms with Gasteiger partial charge in [0.1, 0.15) is 0 Å². The summed E-state index contributed by atoms with van der Waals surface area (Å²) in [6.07, 6.45) is 5.90. The first kappa shape index (κ1) is 19.6. The summed E-state index contributed by atoms with van der Waals surface area (Å²) in [5, 5.41) is 3.37. The zero-order valence-electron chi connectivity index (χ0n) is 14.3. The van der Waals surface area contributed by atoms with Crippen LogP contribution in [0.15, 0.2) is 35.2 Å². The van der Waals surface area contributed by atoms with Crippen molar-refractivity contribution in [2.24, 2.45) is 23.5 Å². The van der Waals surface area contributed by atoms with Gasteiger partial charge in [0.15, 0.2) is 0 Å². The Morgan fingerprint density at radius 2 is 1.88 bits per heavy atom. The maximum atomic E-state index is 12.6. The molecule has 0 radical (unpaired) electrons. The van der Waals surface area contributed by atoms with Gasteiger partial charge in [0.25, 0.3) is 0 Å². The summed E-state index contributed by atoms with van der Waals surface area (Å²) in [6.45, 7) is 2.04. The summed E-state index contributed by atoms with van der Waals surface area (Å²) in [6, 6.07) is 11.0. The van der Waals surface area contributed by atoms with Gasteiger partial charge < -0.3 is 11.1 Å². The molecule has 3 rings (SSSR count). The predicted octanol–water partition coefficient (Wildman–Crippen LogP) is 3.86. The van der Waals surface area contributed by atoms with Crippen LogP contribution in [0.5, 0.6) is 0 Å². The number of fused-ring (bicyclic) bond motifs is 2. The quantitative estimate of drug-likeness (QED) is 0.776. The van der Waals surface area contributed by atoms with Gasteiger partial charge in [-0.1, -0.05) is 31.5 Å². The van der Waals surface area contributed by atoms with Crippen LogP contribution in [0.25, 0.3) is 0 Å². The monoisotopic (exact) mass is 368 g/mol. The smallest absolute Gasteiger partial charge is 0.223 e. The second-order valence-corrected chi connectivity index (χ2v) is 8.34.